The molecule has 0 bridgehead atoms. The summed E-state index contributed by atoms with van der Waals surface area (Å²) in [5.74, 6) is 1.82. The van der Waals surface area contributed by atoms with Crippen LogP contribution in [0.2, 0.25) is 0 Å². The average Bonchev–Trinajstić information content (AvgIpc) is 3.13. The Kier molecular flexibility index (Phi) is 3.96. The third-order valence-electron chi connectivity index (χ3n) is 3.95. The monoisotopic (exact) mass is 302 g/mol. The number of rotatable bonds is 4. The molecule has 1 aliphatic rings. The van der Waals surface area contributed by atoms with Gasteiger partial charge in [-0.05, 0) is 26.3 Å². The Balaban J connectivity index is 1.69. The highest BCUT2D eigenvalue weighted by Gasteiger charge is 2.24. The summed E-state index contributed by atoms with van der Waals surface area (Å²) in [5, 5.41) is 11.8. The van der Waals surface area contributed by atoms with E-state index in [0.717, 1.165) is 30.9 Å². The fraction of sp³-hybridized carbons (Fsp3) is 0.600. The largest absolute Gasteiger partial charge is 0.346 e. The number of carbonyl (C=O) groups excluding carboxylic acids is 1. The van der Waals surface area contributed by atoms with E-state index >= 15 is 0 Å². The minimum Gasteiger partial charge on any atom is -0.346 e. The Morgan fingerprint density at radius 2 is 2.32 bits per heavy atom. The van der Waals surface area contributed by atoms with Gasteiger partial charge in [0.05, 0.1) is 6.54 Å². The third-order valence-corrected chi connectivity index (χ3v) is 3.95. The van der Waals surface area contributed by atoms with Gasteiger partial charge in [-0.2, -0.15) is 10.2 Å². The van der Waals surface area contributed by atoms with Gasteiger partial charge in [0.2, 0.25) is 0 Å². The van der Waals surface area contributed by atoms with Gasteiger partial charge in [-0.15, -0.1) is 0 Å². The van der Waals surface area contributed by atoms with E-state index < -0.39 is 0 Å². The van der Waals surface area contributed by atoms with Gasteiger partial charge in [0, 0.05) is 31.1 Å². The maximum Gasteiger partial charge on any atom is 0.269 e. The van der Waals surface area contributed by atoms with Crippen LogP contribution in [0.5, 0.6) is 0 Å². The lowest BCUT2D eigenvalue weighted by Crippen LogP contribution is -2.42. The summed E-state index contributed by atoms with van der Waals surface area (Å²) in [6.45, 7) is 6.76. The highest BCUT2D eigenvalue weighted by Crippen LogP contribution is 2.15. The molecular weight excluding hydrogens is 280 g/mol. The van der Waals surface area contributed by atoms with E-state index in [-0.39, 0.29) is 18.0 Å². The molecule has 0 aromatic carbocycles. The fourth-order valence-electron chi connectivity index (χ4n) is 2.79. The van der Waals surface area contributed by atoms with Gasteiger partial charge in [0.15, 0.2) is 5.82 Å². The lowest BCUT2D eigenvalue weighted by molar-refractivity contribution is 0.0913. The van der Waals surface area contributed by atoms with Crippen molar-refractivity contribution in [1.82, 2.24) is 29.9 Å². The summed E-state index contributed by atoms with van der Waals surface area (Å²) in [6.07, 6.45) is 4.24. The standard InChI is InChI=1S/C15H22N6O/c1-4-13-18-14-6-5-11(9-20(14)19-13)17-15(22)12-7-8-16-21(12)10(2)3/h7-8,10-11H,4-6,9H2,1-3H3,(H,17,22). The van der Waals surface area contributed by atoms with Gasteiger partial charge < -0.3 is 5.32 Å². The normalized spacial score (nSPS) is 17.5. The highest BCUT2D eigenvalue weighted by molar-refractivity contribution is 5.92. The zero-order chi connectivity index (χ0) is 15.7. The average molecular weight is 302 g/mol. The first-order valence-corrected chi connectivity index (χ1v) is 7.85. The zero-order valence-corrected chi connectivity index (χ0v) is 13.3. The molecule has 3 rings (SSSR count). The SMILES string of the molecule is CCc1nc2n(n1)CC(NC(=O)c1ccnn1C(C)C)CC2. The molecule has 3 heterocycles. The molecule has 1 amide bonds. The second-order valence-electron chi connectivity index (χ2n) is 5.94. The summed E-state index contributed by atoms with van der Waals surface area (Å²) < 4.78 is 3.67. The minimum atomic E-state index is -0.0736. The van der Waals surface area contributed by atoms with Gasteiger partial charge in [-0.1, -0.05) is 6.92 Å². The Bertz CT molecular complexity index is 671. The first-order valence-electron chi connectivity index (χ1n) is 7.85. The number of nitrogens with zero attached hydrogens (tertiary/aromatic N) is 5. The lowest BCUT2D eigenvalue weighted by Gasteiger charge is -2.23. The summed E-state index contributed by atoms with van der Waals surface area (Å²) in [4.78, 5) is 17.0. The number of hydrogen-bond donors (Lipinski definition) is 1. The molecule has 0 radical (unpaired) electrons. The maximum absolute atomic E-state index is 12.5. The van der Waals surface area contributed by atoms with Crippen LogP contribution >= 0.6 is 0 Å². The van der Waals surface area contributed by atoms with E-state index in [4.69, 9.17) is 0 Å². The van der Waals surface area contributed by atoms with Crippen molar-refractivity contribution in [1.29, 1.82) is 0 Å². The van der Waals surface area contributed by atoms with E-state index in [1.54, 1.807) is 16.9 Å². The van der Waals surface area contributed by atoms with Crippen molar-refractivity contribution in [2.45, 2.75) is 58.7 Å². The molecule has 2 aromatic rings. The molecule has 1 aliphatic heterocycles. The number of nitrogens with one attached hydrogen (secondary N) is 1. The third kappa shape index (κ3) is 2.75. The van der Waals surface area contributed by atoms with Gasteiger partial charge >= 0.3 is 0 Å². The van der Waals surface area contributed by atoms with Crippen LogP contribution in [0, 0.1) is 0 Å². The van der Waals surface area contributed by atoms with Crippen LogP contribution in [-0.4, -0.2) is 36.5 Å². The van der Waals surface area contributed by atoms with Gasteiger partial charge in [-0.3, -0.25) is 9.48 Å². The molecule has 0 saturated carbocycles. The molecule has 118 valence electrons. The quantitative estimate of drug-likeness (QED) is 0.925. The van der Waals surface area contributed by atoms with Crippen molar-refractivity contribution in [3.8, 4) is 0 Å². The second kappa shape index (κ2) is 5.90. The van der Waals surface area contributed by atoms with Gasteiger partial charge in [-0.25, -0.2) is 9.67 Å². The lowest BCUT2D eigenvalue weighted by atomic mass is 10.1. The molecule has 7 nitrogen and oxygen atoms in total. The molecule has 0 aliphatic carbocycles. The first-order chi connectivity index (χ1) is 10.6. The Labute approximate surface area is 129 Å². The fourth-order valence-corrected chi connectivity index (χ4v) is 2.79. The van der Waals surface area contributed by atoms with Crippen LogP contribution in [0.25, 0.3) is 0 Å². The van der Waals surface area contributed by atoms with E-state index in [2.05, 4.69) is 20.5 Å². The Morgan fingerprint density at radius 3 is 3.05 bits per heavy atom. The van der Waals surface area contributed by atoms with Gasteiger partial charge in [0.25, 0.3) is 5.91 Å². The molecular formula is C15H22N6O. The number of hydrogen-bond acceptors (Lipinski definition) is 4. The van der Waals surface area contributed by atoms with E-state index in [9.17, 15) is 4.79 Å². The van der Waals surface area contributed by atoms with Crippen molar-refractivity contribution in [2.24, 2.45) is 0 Å². The topological polar surface area (TPSA) is 77.6 Å². The van der Waals surface area contributed by atoms with Crippen molar-refractivity contribution >= 4 is 5.91 Å². The molecule has 0 spiro atoms. The summed E-state index contributed by atoms with van der Waals surface area (Å²) in [7, 11) is 0. The summed E-state index contributed by atoms with van der Waals surface area (Å²) in [5.41, 5.74) is 0.605. The number of amides is 1. The van der Waals surface area contributed by atoms with E-state index in [0.29, 0.717) is 12.2 Å². The smallest absolute Gasteiger partial charge is 0.269 e. The molecule has 7 heteroatoms. The zero-order valence-electron chi connectivity index (χ0n) is 13.3. The molecule has 2 aromatic heterocycles. The van der Waals surface area contributed by atoms with Gasteiger partial charge in [0.1, 0.15) is 11.5 Å². The predicted octanol–water partition coefficient (Wildman–Crippen LogP) is 1.36. The van der Waals surface area contributed by atoms with E-state index in [1.807, 2.05) is 25.5 Å². The molecule has 1 N–H and O–H groups in total. The van der Waals surface area contributed by atoms with Crippen molar-refractivity contribution < 1.29 is 4.79 Å². The van der Waals surface area contributed by atoms with Crippen molar-refractivity contribution in [3.05, 3.63) is 29.6 Å². The first kappa shape index (κ1) is 14.7. The molecule has 1 atom stereocenters. The maximum atomic E-state index is 12.5. The van der Waals surface area contributed by atoms with Crippen LogP contribution in [0.15, 0.2) is 12.3 Å². The van der Waals surface area contributed by atoms with Crippen molar-refractivity contribution in [3.63, 3.8) is 0 Å². The second-order valence-corrected chi connectivity index (χ2v) is 5.94. The molecule has 0 saturated heterocycles. The highest BCUT2D eigenvalue weighted by atomic mass is 16.2. The number of aromatic nitrogens is 5. The number of aryl methyl sites for hydroxylation is 2. The number of fused-ring (bicyclic) bond motifs is 1. The van der Waals surface area contributed by atoms with Crippen LogP contribution < -0.4 is 5.32 Å². The summed E-state index contributed by atoms with van der Waals surface area (Å²) >= 11 is 0. The van der Waals surface area contributed by atoms with Crippen molar-refractivity contribution in [2.75, 3.05) is 0 Å². The minimum absolute atomic E-state index is 0.0736. The number of carbonyl (C=O) groups is 1. The van der Waals surface area contributed by atoms with E-state index in [1.165, 1.54) is 0 Å². The predicted molar refractivity (Wildman–Crippen MR) is 81.6 cm³/mol. The molecule has 22 heavy (non-hydrogen) atoms. The summed E-state index contributed by atoms with van der Waals surface area (Å²) in [6, 6.07) is 2.01. The Morgan fingerprint density at radius 1 is 1.50 bits per heavy atom. The van der Waals surface area contributed by atoms with Crippen LogP contribution in [0.1, 0.15) is 55.4 Å². The Hall–Kier alpha value is -2.18. The van der Waals surface area contributed by atoms with Crippen LogP contribution in [0.3, 0.4) is 0 Å². The van der Waals surface area contributed by atoms with Crippen LogP contribution in [0.4, 0.5) is 0 Å². The molecule has 1 unspecified atom stereocenters. The molecule has 0 fully saturated rings. The van der Waals surface area contributed by atoms with Crippen LogP contribution in [-0.2, 0) is 19.4 Å².